The van der Waals surface area contributed by atoms with Crippen molar-refractivity contribution in [3.05, 3.63) is 35.9 Å². The molecule has 174 valence electrons. The van der Waals surface area contributed by atoms with Gasteiger partial charge in [-0.1, -0.05) is 30.3 Å². The van der Waals surface area contributed by atoms with Crippen LogP contribution in [0.1, 0.15) is 50.0 Å². The highest BCUT2D eigenvalue weighted by Gasteiger charge is 2.42. The number of likely N-dealkylation sites (tertiary alicyclic amines) is 1. The van der Waals surface area contributed by atoms with Gasteiger partial charge in [-0.15, -0.1) is 0 Å². The van der Waals surface area contributed by atoms with Gasteiger partial charge in [-0.2, -0.15) is 13.2 Å². The molecule has 2 fully saturated rings. The van der Waals surface area contributed by atoms with Gasteiger partial charge in [0.2, 0.25) is 15.9 Å². The molecule has 0 aromatic heterocycles. The standard InChI is InChI=1S/C21H29F3N2O4S/c1-31(28,29)25-18-11-12-26(20(27)13-21(22,23)24)19(18)14-30-17-9-7-16(8-10-17)15-5-3-2-4-6-15/h2-6,16-19,25H,7-14H2,1H3/t16?,17?,18?,19-/m0/s1. The maximum Gasteiger partial charge on any atom is 0.397 e. The lowest BCUT2D eigenvalue weighted by Gasteiger charge is -2.33. The van der Waals surface area contributed by atoms with E-state index in [2.05, 4.69) is 16.9 Å². The average Bonchev–Trinajstić information content (AvgIpc) is 3.07. The van der Waals surface area contributed by atoms with E-state index in [9.17, 15) is 26.4 Å². The van der Waals surface area contributed by atoms with Gasteiger partial charge in [-0.05, 0) is 43.6 Å². The lowest BCUT2D eigenvalue weighted by Crippen LogP contribution is -2.50. The number of sulfonamides is 1. The maximum absolute atomic E-state index is 12.7. The van der Waals surface area contributed by atoms with Gasteiger partial charge in [0.25, 0.3) is 0 Å². The fraction of sp³-hybridized carbons (Fsp3) is 0.667. The molecule has 0 radical (unpaired) electrons. The van der Waals surface area contributed by atoms with Gasteiger partial charge in [0.05, 0.1) is 25.0 Å². The molecule has 1 aromatic carbocycles. The first-order chi connectivity index (χ1) is 14.5. The van der Waals surface area contributed by atoms with Gasteiger partial charge >= 0.3 is 6.18 Å². The molecule has 1 amide bonds. The summed E-state index contributed by atoms with van der Waals surface area (Å²) in [7, 11) is -3.57. The summed E-state index contributed by atoms with van der Waals surface area (Å²) in [5, 5.41) is 0. The largest absolute Gasteiger partial charge is 0.397 e. The van der Waals surface area contributed by atoms with Crippen LogP contribution >= 0.6 is 0 Å². The Hall–Kier alpha value is -1.65. The van der Waals surface area contributed by atoms with Crippen LogP contribution in [0.15, 0.2) is 30.3 Å². The predicted octanol–water partition coefficient (Wildman–Crippen LogP) is 3.20. The molecule has 1 aliphatic carbocycles. The molecule has 10 heteroatoms. The highest BCUT2D eigenvalue weighted by molar-refractivity contribution is 7.88. The van der Waals surface area contributed by atoms with Gasteiger partial charge in [0.1, 0.15) is 6.42 Å². The Kier molecular flexibility index (Phi) is 7.64. The van der Waals surface area contributed by atoms with Crippen LogP contribution in [0, 0.1) is 0 Å². The molecule has 0 bridgehead atoms. The summed E-state index contributed by atoms with van der Waals surface area (Å²) in [4.78, 5) is 13.3. The molecule has 1 saturated heterocycles. The number of halogens is 3. The highest BCUT2D eigenvalue weighted by Crippen LogP contribution is 2.34. The van der Waals surface area contributed by atoms with E-state index < -0.39 is 40.6 Å². The molecule has 2 atom stereocenters. The Morgan fingerprint density at radius 3 is 2.35 bits per heavy atom. The number of nitrogens with one attached hydrogen (secondary N) is 1. The summed E-state index contributed by atoms with van der Waals surface area (Å²) in [6.45, 7) is 0.0777. The summed E-state index contributed by atoms with van der Waals surface area (Å²) in [6, 6.07) is 8.81. The van der Waals surface area contributed by atoms with Crippen LogP contribution in [-0.2, 0) is 19.6 Å². The number of rotatable bonds is 7. The van der Waals surface area contributed by atoms with E-state index in [4.69, 9.17) is 4.74 Å². The summed E-state index contributed by atoms with van der Waals surface area (Å²) in [6.07, 6.45) is -1.46. The lowest BCUT2D eigenvalue weighted by atomic mass is 9.83. The summed E-state index contributed by atoms with van der Waals surface area (Å²) < 4.78 is 70.0. The highest BCUT2D eigenvalue weighted by atomic mass is 32.2. The molecule has 1 aliphatic heterocycles. The fourth-order valence-electron chi connectivity index (χ4n) is 4.58. The SMILES string of the molecule is CS(=O)(=O)NC1CCN(C(=O)CC(F)(F)F)[C@H]1COC1CCC(c2ccccc2)CC1. The molecular weight excluding hydrogens is 433 g/mol. The quantitative estimate of drug-likeness (QED) is 0.675. The Morgan fingerprint density at radius 2 is 1.77 bits per heavy atom. The van der Waals surface area contributed by atoms with Crippen molar-refractivity contribution in [1.29, 1.82) is 0 Å². The molecule has 1 aromatic rings. The number of nitrogens with zero attached hydrogens (tertiary/aromatic N) is 1. The number of alkyl halides is 3. The van der Waals surface area contributed by atoms with Crippen molar-refractivity contribution >= 4 is 15.9 Å². The number of benzene rings is 1. The minimum Gasteiger partial charge on any atom is -0.376 e. The van der Waals surface area contributed by atoms with Crippen molar-refractivity contribution in [1.82, 2.24) is 9.62 Å². The van der Waals surface area contributed by atoms with Crippen LogP contribution in [0.5, 0.6) is 0 Å². The van der Waals surface area contributed by atoms with Crippen molar-refractivity contribution in [2.45, 2.75) is 68.8 Å². The van der Waals surface area contributed by atoms with E-state index in [1.54, 1.807) is 0 Å². The molecular formula is C21H29F3N2O4S. The minimum absolute atomic E-state index is 0.0114. The minimum atomic E-state index is -4.61. The lowest BCUT2D eigenvalue weighted by molar-refractivity contribution is -0.163. The van der Waals surface area contributed by atoms with E-state index in [-0.39, 0.29) is 25.7 Å². The van der Waals surface area contributed by atoms with Crippen LogP contribution in [-0.4, -0.2) is 63.0 Å². The van der Waals surface area contributed by atoms with Crippen molar-refractivity contribution in [3.63, 3.8) is 0 Å². The van der Waals surface area contributed by atoms with Gasteiger partial charge in [-0.3, -0.25) is 4.79 Å². The third-order valence-electron chi connectivity index (χ3n) is 6.03. The van der Waals surface area contributed by atoms with E-state index in [1.807, 2.05) is 18.2 Å². The molecule has 6 nitrogen and oxygen atoms in total. The number of carbonyl (C=O) groups excluding carboxylic acids is 1. The molecule has 1 heterocycles. The Balaban J connectivity index is 1.59. The molecule has 0 spiro atoms. The van der Waals surface area contributed by atoms with Crippen molar-refractivity contribution < 1.29 is 31.1 Å². The van der Waals surface area contributed by atoms with Crippen molar-refractivity contribution in [2.24, 2.45) is 0 Å². The second kappa shape index (κ2) is 9.87. The van der Waals surface area contributed by atoms with Gasteiger partial charge in [0.15, 0.2) is 0 Å². The number of amides is 1. The van der Waals surface area contributed by atoms with E-state index in [1.165, 1.54) is 5.56 Å². The molecule has 1 unspecified atom stereocenters. The third-order valence-corrected chi connectivity index (χ3v) is 6.76. The fourth-order valence-corrected chi connectivity index (χ4v) is 5.40. The first kappa shape index (κ1) is 24.0. The van der Waals surface area contributed by atoms with E-state index in [0.717, 1.165) is 36.8 Å². The Morgan fingerprint density at radius 1 is 1.13 bits per heavy atom. The van der Waals surface area contributed by atoms with E-state index in [0.29, 0.717) is 5.92 Å². The van der Waals surface area contributed by atoms with Gasteiger partial charge < -0.3 is 9.64 Å². The van der Waals surface area contributed by atoms with Gasteiger partial charge in [-0.25, -0.2) is 13.1 Å². The Bertz CT molecular complexity index is 840. The zero-order chi connectivity index (χ0) is 22.6. The van der Waals surface area contributed by atoms with Crippen LogP contribution < -0.4 is 4.72 Å². The molecule has 31 heavy (non-hydrogen) atoms. The second-order valence-corrected chi connectivity index (χ2v) is 10.2. The van der Waals surface area contributed by atoms with Crippen molar-refractivity contribution in [3.8, 4) is 0 Å². The molecule has 2 aliphatic rings. The first-order valence-corrected chi connectivity index (χ1v) is 12.4. The van der Waals surface area contributed by atoms with Crippen LogP contribution in [0.4, 0.5) is 13.2 Å². The third kappa shape index (κ3) is 7.18. The summed E-state index contributed by atoms with van der Waals surface area (Å²) >= 11 is 0. The molecule has 3 rings (SSSR count). The zero-order valence-corrected chi connectivity index (χ0v) is 18.3. The molecule has 1 N–H and O–H groups in total. The van der Waals surface area contributed by atoms with Crippen molar-refractivity contribution in [2.75, 3.05) is 19.4 Å². The van der Waals surface area contributed by atoms with Crippen LogP contribution in [0.25, 0.3) is 0 Å². The first-order valence-electron chi connectivity index (χ1n) is 10.5. The maximum atomic E-state index is 12.7. The average molecular weight is 463 g/mol. The Labute approximate surface area is 181 Å². The summed E-state index contributed by atoms with van der Waals surface area (Å²) in [5.41, 5.74) is 1.29. The summed E-state index contributed by atoms with van der Waals surface area (Å²) in [5.74, 6) is -0.594. The molecule has 1 saturated carbocycles. The zero-order valence-electron chi connectivity index (χ0n) is 17.5. The smallest absolute Gasteiger partial charge is 0.376 e. The van der Waals surface area contributed by atoms with E-state index >= 15 is 0 Å². The number of hydrogen-bond donors (Lipinski definition) is 1. The van der Waals surface area contributed by atoms with Crippen LogP contribution in [0.2, 0.25) is 0 Å². The van der Waals surface area contributed by atoms with Gasteiger partial charge in [0, 0.05) is 12.6 Å². The number of carbonyl (C=O) groups is 1. The topological polar surface area (TPSA) is 75.7 Å². The number of ether oxygens (including phenoxy) is 1. The predicted molar refractivity (Wildman–Crippen MR) is 110 cm³/mol. The second-order valence-electron chi connectivity index (χ2n) is 8.45. The van der Waals surface area contributed by atoms with Crippen LogP contribution in [0.3, 0.4) is 0 Å². The monoisotopic (exact) mass is 462 g/mol. The number of hydrogen-bond acceptors (Lipinski definition) is 4. The normalized spacial score (nSPS) is 27.4.